The van der Waals surface area contributed by atoms with Crippen molar-refractivity contribution in [1.29, 1.82) is 0 Å². The third-order valence-electron chi connectivity index (χ3n) is 9.17. The van der Waals surface area contributed by atoms with Gasteiger partial charge in [0.25, 0.3) is 0 Å². The summed E-state index contributed by atoms with van der Waals surface area (Å²) < 4.78 is 25.3. The first kappa shape index (κ1) is 26.7. The molecule has 1 aliphatic heterocycles. The monoisotopic (exact) mass is 500 g/mol. The number of hydrogen-bond acceptors (Lipinski definition) is 5. The van der Waals surface area contributed by atoms with E-state index in [0.29, 0.717) is 26.2 Å². The fourth-order valence-corrected chi connectivity index (χ4v) is 7.48. The lowest BCUT2D eigenvalue weighted by Gasteiger charge is -2.68. The molecule has 6 heteroatoms. The van der Waals surface area contributed by atoms with Gasteiger partial charge in [0.1, 0.15) is 18.5 Å². The van der Waals surface area contributed by atoms with Crippen LogP contribution in [0.15, 0.2) is 30.3 Å². The van der Waals surface area contributed by atoms with Crippen LogP contribution in [0, 0.1) is 35.0 Å². The van der Waals surface area contributed by atoms with Crippen LogP contribution in [0.25, 0.3) is 0 Å². The van der Waals surface area contributed by atoms with E-state index in [1.807, 2.05) is 30.3 Å². The van der Waals surface area contributed by atoms with Crippen molar-refractivity contribution in [2.75, 3.05) is 19.8 Å². The Morgan fingerprint density at radius 3 is 2.43 bits per heavy atom. The van der Waals surface area contributed by atoms with Crippen LogP contribution >= 0.6 is 0 Å². The quantitative estimate of drug-likeness (QED) is 0.405. The van der Waals surface area contributed by atoms with E-state index in [2.05, 4.69) is 59.6 Å². The third kappa shape index (κ3) is 4.71. The molecule has 6 atom stereocenters. The van der Waals surface area contributed by atoms with Gasteiger partial charge in [-0.1, -0.05) is 64.7 Å². The molecule has 2 saturated carbocycles. The minimum Gasteiger partial charge on any atom is -0.490 e. The fraction of sp³-hybridized carbons (Fsp3) is 0.724. The molecule has 1 spiro atoms. The first-order chi connectivity index (χ1) is 16.5. The Morgan fingerprint density at radius 2 is 1.83 bits per heavy atom. The molecule has 194 valence electrons. The van der Waals surface area contributed by atoms with E-state index in [-0.39, 0.29) is 34.3 Å². The van der Waals surface area contributed by atoms with E-state index in [0.717, 1.165) is 18.6 Å². The molecule has 0 bridgehead atoms. The van der Waals surface area contributed by atoms with Crippen LogP contribution < -0.4 is 4.74 Å². The number of aliphatic hydroxyl groups excluding tert-OH is 1. The van der Waals surface area contributed by atoms with Crippen molar-refractivity contribution in [3.05, 3.63) is 30.3 Å². The highest BCUT2D eigenvalue weighted by atomic mass is 28.4. The van der Waals surface area contributed by atoms with E-state index in [1.165, 1.54) is 0 Å². The lowest BCUT2D eigenvalue weighted by atomic mass is 9.41. The molecule has 0 amide bonds. The molecule has 5 nitrogen and oxygen atoms in total. The maximum Gasteiger partial charge on any atom is 0.193 e. The number of aliphatic hydroxyl groups is 1. The second-order valence-corrected chi connectivity index (χ2v) is 17.0. The highest BCUT2D eigenvalue weighted by molar-refractivity contribution is 6.74. The van der Waals surface area contributed by atoms with Gasteiger partial charge >= 0.3 is 0 Å². The van der Waals surface area contributed by atoms with E-state index < -0.39 is 20.2 Å². The van der Waals surface area contributed by atoms with Crippen LogP contribution in [0.3, 0.4) is 0 Å². The second kappa shape index (κ2) is 9.83. The van der Waals surface area contributed by atoms with Crippen molar-refractivity contribution in [1.82, 2.24) is 0 Å². The molecule has 0 aromatic heterocycles. The SMILES string of the molecule is CCC1[C@@H]2[C@@H](C#C[C@@H](COc3ccccc3)O[Si](C)(C)C(C)(C)C)[C@H](O)CC[C@]2(C)C12OCCO2. The first-order valence-electron chi connectivity index (χ1n) is 13.3. The Morgan fingerprint density at radius 1 is 1.17 bits per heavy atom. The summed E-state index contributed by atoms with van der Waals surface area (Å²) in [5.74, 6) is 7.61. The molecule has 4 rings (SSSR count). The normalized spacial score (nSPS) is 32.8. The zero-order valence-corrected chi connectivity index (χ0v) is 23.6. The Labute approximate surface area is 213 Å². The number of ether oxygens (including phenoxy) is 3. The Kier molecular flexibility index (Phi) is 7.50. The Balaban J connectivity index is 1.59. The maximum atomic E-state index is 11.1. The van der Waals surface area contributed by atoms with Crippen LogP contribution in [0.2, 0.25) is 18.1 Å². The molecule has 3 aliphatic rings. The van der Waals surface area contributed by atoms with Crippen LogP contribution in [0.1, 0.15) is 53.9 Å². The molecule has 1 aromatic rings. The highest BCUT2D eigenvalue weighted by Gasteiger charge is 2.75. The summed E-state index contributed by atoms with van der Waals surface area (Å²) >= 11 is 0. The lowest BCUT2D eigenvalue weighted by molar-refractivity contribution is -0.384. The van der Waals surface area contributed by atoms with Crippen LogP contribution in [0.4, 0.5) is 0 Å². The summed E-state index contributed by atoms with van der Waals surface area (Å²) in [6.07, 6.45) is 1.76. The van der Waals surface area contributed by atoms with E-state index in [1.54, 1.807) is 0 Å². The standard InChI is InChI=1S/C29H44O5Si/c1-8-24-26-23(25(30)16-17-28(26,5)29(24)32-18-19-33-29)15-14-22(34-35(6,7)27(2,3)4)20-31-21-12-10-9-11-13-21/h9-13,22-26,30H,8,16-20H2,1-7H3/t22-,23-,24?,25+,26-,28-/m0/s1. The average Bonchev–Trinajstić information content (AvgIpc) is 3.32. The number of benzene rings is 1. The first-order valence-corrected chi connectivity index (χ1v) is 16.2. The van der Waals surface area contributed by atoms with Gasteiger partial charge < -0.3 is 23.7 Å². The minimum atomic E-state index is -2.07. The topological polar surface area (TPSA) is 57.2 Å². The average molecular weight is 501 g/mol. The fourth-order valence-electron chi connectivity index (χ4n) is 6.29. The van der Waals surface area contributed by atoms with E-state index >= 15 is 0 Å². The summed E-state index contributed by atoms with van der Waals surface area (Å²) in [7, 11) is -2.07. The van der Waals surface area contributed by atoms with Gasteiger partial charge in [0.05, 0.1) is 25.2 Å². The van der Waals surface area contributed by atoms with Crippen molar-refractivity contribution in [2.24, 2.45) is 23.2 Å². The number of rotatable bonds is 6. The molecule has 2 aliphatic carbocycles. The zero-order chi connectivity index (χ0) is 25.5. The van der Waals surface area contributed by atoms with Gasteiger partial charge in [-0.3, -0.25) is 0 Å². The molecular weight excluding hydrogens is 456 g/mol. The number of para-hydroxylation sites is 1. The van der Waals surface area contributed by atoms with Crippen molar-refractivity contribution < 1.29 is 23.7 Å². The molecule has 1 unspecified atom stereocenters. The van der Waals surface area contributed by atoms with Gasteiger partial charge in [-0.25, -0.2) is 0 Å². The zero-order valence-electron chi connectivity index (χ0n) is 22.6. The molecule has 1 N–H and O–H groups in total. The third-order valence-corrected chi connectivity index (χ3v) is 13.7. The van der Waals surface area contributed by atoms with Gasteiger partial charge in [0, 0.05) is 11.3 Å². The summed E-state index contributed by atoms with van der Waals surface area (Å²) in [6, 6.07) is 9.82. The van der Waals surface area contributed by atoms with Gasteiger partial charge in [-0.05, 0) is 55.4 Å². The van der Waals surface area contributed by atoms with Gasteiger partial charge in [-0.2, -0.15) is 0 Å². The molecule has 1 saturated heterocycles. The smallest absolute Gasteiger partial charge is 0.193 e. The van der Waals surface area contributed by atoms with Gasteiger partial charge in [0.2, 0.25) is 0 Å². The molecule has 0 radical (unpaired) electrons. The largest absolute Gasteiger partial charge is 0.490 e. The Bertz CT molecular complexity index is 924. The van der Waals surface area contributed by atoms with Crippen molar-refractivity contribution in [3.63, 3.8) is 0 Å². The van der Waals surface area contributed by atoms with E-state index in [9.17, 15) is 5.11 Å². The lowest BCUT2D eigenvalue weighted by Crippen LogP contribution is -2.74. The maximum absolute atomic E-state index is 11.1. The van der Waals surface area contributed by atoms with Crippen LogP contribution in [-0.4, -0.2) is 51.2 Å². The van der Waals surface area contributed by atoms with Crippen molar-refractivity contribution in [2.45, 2.75) is 90.0 Å². The predicted molar refractivity (Wildman–Crippen MR) is 141 cm³/mol. The van der Waals surface area contributed by atoms with Crippen LogP contribution in [-0.2, 0) is 13.9 Å². The summed E-state index contributed by atoms with van der Waals surface area (Å²) in [4.78, 5) is 0. The number of fused-ring (bicyclic) bond motifs is 2. The molecular formula is C29H44O5Si. The van der Waals surface area contributed by atoms with E-state index in [4.69, 9.17) is 18.6 Å². The molecule has 1 aromatic carbocycles. The van der Waals surface area contributed by atoms with Gasteiger partial charge in [0.15, 0.2) is 14.1 Å². The Hall–Kier alpha value is -1.36. The summed E-state index contributed by atoms with van der Waals surface area (Å²) in [5.41, 5.74) is -0.126. The highest BCUT2D eigenvalue weighted by Crippen LogP contribution is 2.70. The minimum absolute atomic E-state index is 0.0629. The van der Waals surface area contributed by atoms with Crippen molar-refractivity contribution in [3.8, 4) is 17.6 Å². The van der Waals surface area contributed by atoms with Crippen LogP contribution in [0.5, 0.6) is 5.75 Å². The second-order valence-electron chi connectivity index (χ2n) is 12.2. The summed E-state index contributed by atoms with van der Waals surface area (Å²) in [6.45, 7) is 17.3. The predicted octanol–water partition coefficient (Wildman–Crippen LogP) is 5.64. The molecule has 3 fully saturated rings. The van der Waals surface area contributed by atoms with Gasteiger partial charge in [-0.15, -0.1) is 0 Å². The molecule has 1 heterocycles. The molecule has 35 heavy (non-hydrogen) atoms. The number of hydrogen-bond donors (Lipinski definition) is 1. The van der Waals surface area contributed by atoms with Crippen molar-refractivity contribution >= 4 is 8.32 Å². The summed E-state index contributed by atoms with van der Waals surface area (Å²) in [5, 5.41) is 11.1.